The van der Waals surface area contributed by atoms with E-state index in [0.29, 0.717) is 77.6 Å². The fraction of sp³-hybridized carbons (Fsp3) is 0.745. The number of hydrogen-bond acceptors (Lipinski definition) is 16. The summed E-state index contributed by atoms with van der Waals surface area (Å²) in [4.78, 5) is 57.7. The molecule has 14 atom stereocenters. The summed E-state index contributed by atoms with van der Waals surface area (Å²) in [5.41, 5.74) is 7.30. The highest BCUT2D eigenvalue weighted by Gasteiger charge is 2.61. The van der Waals surface area contributed by atoms with E-state index in [9.17, 15) is 29.7 Å². The standard InChI is InChI=1S/C47H68N8O10S/c1-47-33(28-21-38(57)63-23-28)12-13-34(47)31-10-8-27-20-29(9-11-30(27)32(31)22-37(47)56)64-46(62)51-18-7-3-5-16-49-15-4-2-6-17-50-42-39-43(53-25-52-42)55(26-54-39)44-41(59)40(58)36(65-44)24-66-19-14-35(48)45(60)61/h15,17,21,25-27,29-37,40-41,44,56,58-59H,2-14,16,18-20,22-24,48H2,1H3,(H,51,62)(H,60,61)/b49-15+,50-17+/t27?,29-,30?,31?,32?,33?,34?,35?,36?,37?,40-,41-,44?,47?/m1/s1. The van der Waals surface area contributed by atoms with Crippen LogP contribution in [-0.4, -0.2) is 138 Å². The first-order valence-electron chi connectivity index (χ1n) is 24.2. The Morgan fingerprint density at radius 2 is 1.85 bits per heavy atom. The molecule has 4 saturated carbocycles. The number of thioether (sulfide) groups is 1. The van der Waals surface area contributed by atoms with Gasteiger partial charge < -0.3 is 45.7 Å². The number of cyclic esters (lactones) is 1. The zero-order chi connectivity index (χ0) is 46.4. The quantitative estimate of drug-likeness (QED) is 0.0585. The monoisotopic (exact) mass is 936 g/mol. The van der Waals surface area contributed by atoms with Crippen molar-refractivity contribution in [1.29, 1.82) is 0 Å². The number of aliphatic hydroxyl groups excluding tert-OH is 3. The van der Waals surface area contributed by atoms with Gasteiger partial charge in [0.2, 0.25) is 0 Å². The highest BCUT2D eigenvalue weighted by atomic mass is 32.2. The number of nitrogens with two attached hydrogens (primary N) is 1. The molecule has 11 unspecified atom stereocenters. The SMILES string of the molecule is CC12C(O)CC3C4CC[C@@H](OC(=O)NCCCCC/N=C/CCC/C=N/c5ncnc6c5ncn6C5OC(CSCCC(N)C(=O)O)[C@@H](O)[C@H]5O)CC4CCC3C1CCC2C1=CC(=O)OC1. The van der Waals surface area contributed by atoms with Crippen molar-refractivity contribution < 1.29 is 49.0 Å². The van der Waals surface area contributed by atoms with E-state index in [1.165, 1.54) is 30.8 Å². The average molecular weight is 937 g/mol. The topological polar surface area (TPSA) is 266 Å². The number of ether oxygens (including phenoxy) is 3. The van der Waals surface area contributed by atoms with Crippen LogP contribution in [0.4, 0.5) is 10.6 Å². The summed E-state index contributed by atoms with van der Waals surface area (Å²) in [5.74, 6) is 2.82. The average Bonchev–Trinajstić information content (AvgIpc) is 4.09. The number of hydrogen-bond donors (Lipinski definition) is 6. The molecule has 362 valence electrons. The third kappa shape index (κ3) is 10.7. The third-order valence-corrected chi connectivity index (χ3v) is 16.9. The van der Waals surface area contributed by atoms with E-state index in [2.05, 4.69) is 37.2 Å². The molecular weight excluding hydrogens is 869 g/mol. The van der Waals surface area contributed by atoms with Crippen LogP contribution in [0, 0.1) is 40.9 Å². The van der Waals surface area contributed by atoms with Gasteiger partial charge in [0.1, 0.15) is 37.3 Å². The first-order chi connectivity index (χ1) is 31.9. The highest BCUT2D eigenvalue weighted by Crippen LogP contribution is 2.65. The van der Waals surface area contributed by atoms with E-state index in [-0.39, 0.29) is 42.0 Å². The van der Waals surface area contributed by atoms with Crippen molar-refractivity contribution in [2.45, 2.75) is 146 Å². The molecule has 66 heavy (non-hydrogen) atoms. The van der Waals surface area contributed by atoms with E-state index in [0.717, 1.165) is 89.2 Å². The Morgan fingerprint density at radius 3 is 2.67 bits per heavy atom. The van der Waals surface area contributed by atoms with Crippen LogP contribution in [0.3, 0.4) is 0 Å². The van der Waals surface area contributed by atoms with Gasteiger partial charge in [-0.15, -0.1) is 0 Å². The van der Waals surface area contributed by atoms with Crippen LogP contribution in [-0.2, 0) is 23.8 Å². The highest BCUT2D eigenvalue weighted by molar-refractivity contribution is 7.99. The molecule has 5 fully saturated rings. The lowest BCUT2D eigenvalue weighted by atomic mass is 9.48. The van der Waals surface area contributed by atoms with Crippen LogP contribution in [0.1, 0.15) is 109 Å². The second-order valence-electron chi connectivity index (χ2n) is 19.5. The van der Waals surface area contributed by atoms with E-state index >= 15 is 0 Å². The Bertz CT molecular complexity index is 2100. The molecule has 1 saturated heterocycles. The van der Waals surface area contributed by atoms with Gasteiger partial charge in [0.25, 0.3) is 0 Å². The second-order valence-corrected chi connectivity index (χ2v) is 20.7. The molecule has 2 aromatic rings. The minimum atomic E-state index is -1.22. The number of imidazole rings is 1. The first-order valence-corrected chi connectivity index (χ1v) is 25.3. The van der Waals surface area contributed by atoms with Crippen LogP contribution in [0.5, 0.6) is 0 Å². The fourth-order valence-corrected chi connectivity index (χ4v) is 13.5. The number of carboxylic acids is 1. The molecule has 7 N–H and O–H groups in total. The van der Waals surface area contributed by atoms with E-state index in [1.54, 1.807) is 16.9 Å². The molecule has 8 rings (SSSR count). The van der Waals surface area contributed by atoms with Crippen LogP contribution in [0.15, 0.2) is 34.3 Å². The fourth-order valence-electron chi connectivity index (χ4n) is 12.4. The molecule has 2 aromatic heterocycles. The Kier molecular flexibility index (Phi) is 16.1. The summed E-state index contributed by atoms with van der Waals surface area (Å²) in [6.07, 6.45) is 17.1. The summed E-state index contributed by atoms with van der Waals surface area (Å²) in [5, 5.41) is 45.1. The summed E-state index contributed by atoms with van der Waals surface area (Å²) in [6.45, 7) is 3.96. The number of nitrogens with one attached hydrogen (secondary N) is 1. The maximum atomic E-state index is 12.7. The Labute approximate surface area is 390 Å². The number of aliphatic imine (C=N–C) groups is 2. The maximum Gasteiger partial charge on any atom is 0.407 e. The lowest BCUT2D eigenvalue weighted by Gasteiger charge is -2.58. The molecule has 0 bridgehead atoms. The summed E-state index contributed by atoms with van der Waals surface area (Å²) < 4.78 is 18.8. The van der Waals surface area contributed by atoms with Gasteiger partial charge in [0, 0.05) is 36.5 Å². The van der Waals surface area contributed by atoms with Crippen LogP contribution in [0.25, 0.3) is 11.2 Å². The van der Waals surface area contributed by atoms with Gasteiger partial charge in [-0.25, -0.2) is 29.5 Å². The number of nitrogens with zero attached hydrogens (tertiary/aromatic N) is 6. The first kappa shape index (κ1) is 48.4. The van der Waals surface area contributed by atoms with Gasteiger partial charge in [-0.2, -0.15) is 11.8 Å². The number of carbonyl (C=O) groups excluding carboxylic acids is 2. The number of rotatable bonds is 20. The molecule has 0 aromatic carbocycles. The minimum absolute atomic E-state index is 0.0559. The third-order valence-electron chi connectivity index (χ3n) is 15.8. The van der Waals surface area contributed by atoms with Crippen molar-refractivity contribution in [3.8, 4) is 0 Å². The summed E-state index contributed by atoms with van der Waals surface area (Å²) in [7, 11) is 0. The Balaban J connectivity index is 0.672. The number of carboxylic acid groups (broad SMARTS) is 1. The van der Waals surface area contributed by atoms with Crippen molar-refractivity contribution in [3.63, 3.8) is 0 Å². The molecule has 0 spiro atoms. The number of carbonyl (C=O) groups is 3. The number of amides is 1. The maximum absolute atomic E-state index is 12.7. The van der Waals surface area contributed by atoms with Crippen LogP contribution < -0.4 is 11.1 Å². The number of unbranched alkanes of at least 4 members (excludes halogenated alkanes) is 4. The Hall–Kier alpha value is -4.01. The number of alkyl carbamates (subject to hydrolysis) is 1. The predicted molar refractivity (Wildman–Crippen MR) is 247 cm³/mol. The minimum Gasteiger partial charge on any atom is -0.480 e. The van der Waals surface area contributed by atoms with E-state index < -0.39 is 36.6 Å². The zero-order valence-electron chi connectivity index (χ0n) is 37.9. The smallest absolute Gasteiger partial charge is 0.407 e. The molecule has 4 heterocycles. The van der Waals surface area contributed by atoms with Gasteiger partial charge >= 0.3 is 18.0 Å². The van der Waals surface area contributed by atoms with Gasteiger partial charge in [-0.1, -0.05) is 6.92 Å². The predicted octanol–water partition coefficient (Wildman–Crippen LogP) is 4.91. The molecule has 19 heteroatoms. The molecule has 2 aliphatic heterocycles. The lowest BCUT2D eigenvalue weighted by Crippen LogP contribution is -2.55. The van der Waals surface area contributed by atoms with Gasteiger partial charge in [0.15, 0.2) is 23.2 Å². The van der Waals surface area contributed by atoms with E-state index in [4.69, 9.17) is 25.1 Å². The van der Waals surface area contributed by atoms with Crippen LogP contribution >= 0.6 is 11.8 Å². The van der Waals surface area contributed by atoms with Gasteiger partial charge in [-0.05, 0) is 149 Å². The van der Waals surface area contributed by atoms with Crippen molar-refractivity contribution >= 4 is 59.2 Å². The van der Waals surface area contributed by atoms with Crippen LogP contribution in [0.2, 0.25) is 0 Å². The molecule has 4 aliphatic carbocycles. The van der Waals surface area contributed by atoms with Crippen molar-refractivity contribution in [1.82, 2.24) is 24.8 Å². The lowest BCUT2D eigenvalue weighted by molar-refractivity contribution is -0.139. The molecule has 18 nitrogen and oxygen atoms in total. The summed E-state index contributed by atoms with van der Waals surface area (Å²) >= 11 is 1.40. The zero-order valence-corrected chi connectivity index (χ0v) is 38.8. The van der Waals surface area contributed by atoms with Crippen molar-refractivity contribution in [3.05, 3.63) is 24.3 Å². The number of aromatic nitrogens is 4. The molecule has 6 aliphatic rings. The molecular formula is C47H68N8O10S. The number of aliphatic carboxylic acids is 1. The number of aliphatic hydroxyl groups is 3. The normalized spacial score (nSPS) is 34.6. The van der Waals surface area contributed by atoms with E-state index in [1.807, 2.05) is 6.21 Å². The largest absolute Gasteiger partial charge is 0.480 e. The molecule has 1 amide bonds. The van der Waals surface area contributed by atoms with Crippen molar-refractivity contribution in [2.24, 2.45) is 56.6 Å². The Morgan fingerprint density at radius 1 is 1.02 bits per heavy atom. The molecule has 0 radical (unpaired) electrons. The van der Waals surface area contributed by atoms with Gasteiger partial charge in [0.05, 0.1) is 18.5 Å². The van der Waals surface area contributed by atoms with Crippen molar-refractivity contribution in [2.75, 3.05) is 31.2 Å². The number of esters is 1. The summed E-state index contributed by atoms with van der Waals surface area (Å²) in [6, 6.07) is -0.951. The number of fused-ring (bicyclic) bond motifs is 6. The van der Waals surface area contributed by atoms with Gasteiger partial charge in [-0.3, -0.25) is 14.4 Å². The second kappa shape index (κ2) is 22.0.